The minimum absolute atomic E-state index is 0.0794. The topological polar surface area (TPSA) is 111 Å². The van der Waals surface area contributed by atoms with Gasteiger partial charge in [0, 0.05) is 11.8 Å². The van der Waals surface area contributed by atoms with Crippen molar-refractivity contribution in [1.82, 2.24) is 5.16 Å². The fourth-order valence-electron chi connectivity index (χ4n) is 2.06. The van der Waals surface area contributed by atoms with Crippen molar-refractivity contribution in [2.45, 2.75) is 26.0 Å². The van der Waals surface area contributed by atoms with Crippen LogP contribution in [-0.4, -0.2) is 40.6 Å². The Balaban J connectivity index is 1.82. The van der Waals surface area contributed by atoms with E-state index >= 15 is 0 Å². The first kappa shape index (κ1) is 20.5. The fourth-order valence-corrected chi connectivity index (χ4v) is 2.75. The van der Waals surface area contributed by atoms with Gasteiger partial charge in [0.1, 0.15) is 5.76 Å². The van der Waals surface area contributed by atoms with E-state index in [4.69, 9.17) is 9.26 Å². The van der Waals surface area contributed by atoms with E-state index in [9.17, 15) is 14.4 Å². The third kappa shape index (κ3) is 6.45. The highest BCUT2D eigenvalue weighted by atomic mass is 32.2. The van der Waals surface area contributed by atoms with Gasteiger partial charge in [-0.2, -0.15) is 0 Å². The molecule has 9 heteroatoms. The molecule has 27 heavy (non-hydrogen) atoms. The molecule has 1 atom stereocenters. The lowest BCUT2D eigenvalue weighted by atomic mass is 10.2. The molecule has 0 unspecified atom stereocenters. The van der Waals surface area contributed by atoms with Crippen molar-refractivity contribution in [3.63, 3.8) is 0 Å². The highest BCUT2D eigenvalue weighted by molar-refractivity contribution is 8.01. The monoisotopic (exact) mass is 391 g/mol. The number of nitrogens with one attached hydrogen (secondary N) is 2. The number of aromatic nitrogens is 1. The quantitative estimate of drug-likeness (QED) is 0.666. The number of hydrogen-bond donors (Lipinski definition) is 2. The van der Waals surface area contributed by atoms with E-state index in [-0.39, 0.29) is 24.2 Å². The van der Waals surface area contributed by atoms with E-state index in [1.54, 1.807) is 51.1 Å². The molecule has 2 N–H and O–H groups in total. The number of hydrogen-bond acceptors (Lipinski definition) is 7. The summed E-state index contributed by atoms with van der Waals surface area (Å²) >= 11 is 1.18. The minimum atomic E-state index is -0.460. The van der Waals surface area contributed by atoms with Gasteiger partial charge in [0.25, 0.3) is 0 Å². The first-order chi connectivity index (χ1) is 12.9. The van der Waals surface area contributed by atoms with E-state index in [1.807, 2.05) is 0 Å². The normalized spacial score (nSPS) is 11.5. The van der Waals surface area contributed by atoms with Gasteiger partial charge in [-0.25, -0.2) is 4.79 Å². The summed E-state index contributed by atoms with van der Waals surface area (Å²) in [6, 6.07) is 8.10. The van der Waals surface area contributed by atoms with E-state index in [0.29, 0.717) is 22.8 Å². The average molecular weight is 391 g/mol. The Labute approximate surface area is 161 Å². The molecule has 0 spiro atoms. The second kappa shape index (κ2) is 9.77. The molecule has 8 nitrogen and oxygen atoms in total. The number of ether oxygens (including phenoxy) is 1. The first-order valence-corrected chi connectivity index (χ1v) is 9.36. The maximum atomic E-state index is 12.1. The SMILES string of the molecule is CCOC(=O)c1cccc(NC(=O)CS[C@@H](C)C(=O)Nc2cc(C)on2)c1. The first-order valence-electron chi connectivity index (χ1n) is 8.32. The second-order valence-electron chi connectivity index (χ2n) is 5.61. The van der Waals surface area contributed by atoms with Gasteiger partial charge in [0.2, 0.25) is 11.8 Å². The van der Waals surface area contributed by atoms with Crippen LogP contribution in [0.3, 0.4) is 0 Å². The highest BCUT2D eigenvalue weighted by Crippen LogP contribution is 2.16. The van der Waals surface area contributed by atoms with Crippen molar-refractivity contribution in [3.05, 3.63) is 41.7 Å². The number of amides is 2. The lowest BCUT2D eigenvalue weighted by molar-refractivity contribution is -0.115. The molecule has 0 aliphatic rings. The van der Waals surface area contributed by atoms with Gasteiger partial charge >= 0.3 is 5.97 Å². The number of carbonyl (C=O) groups excluding carboxylic acids is 3. The molecule has 1 aromatic heterocycles. The number of benzene rings is 1. The summed E-state index contributed by atoms with van der Waals surface area (Å²) in [6.07, 6.45) is 0. The van der Waals surface area contributed by atoms with Gasteiger partial charge in [0.15, 0.2) is 5.82 Å². The Kier molecular flexibility index (Phi) is 7.42. The van der Waals surface area contributed by atoms with Crippen LogP contribution in [0, 0.1) is 6.92 Å². The highest BCUT2D eigenvalue weighted by Gasteiger charge is 2.17. The van der Waals surface area contributed by atoms with Crippen LogP contribution in [0.2, 0.25) is 0 Å². The summed E-state index contributed by atoms with van der Waals surface area (Å²) in [7, 11) is 0. The third-order valence-electron chi connectivity index (χ3n) is 3.37. The summed E-state index contributed by atoms with van der Waals surface area (Å²) < 4.78 is 9.81. The lowest BCUT2D eigenvalue weighted by Gasteiger charge is -2.11. The second-order valence-corrected chi connectivity index (χ2v) is 6.94. The van der Waals surface area contributed by atoms with Crippen molar-refractivity contribution in [1.29, 1.82) is 0 Å². The van der Waals surface area contributed by atoms with E-state index in [1.165, 1.54) is 11.8 Å². The van der Waals surface area contributed by atoms with Crippen molar-refractivity contribution in [2.75, 3.05) is 23.0 Å². The van der Waals surface area contributed by atoms with E-state index in [0.717, 1.165) is 0 Å². The number of nitrogens with zero attached hydrogens (tertiary/aromatic N) is 1. The Bertz CT molecular complexity index is 821. The molecule has 2 rings (SSSR count). The molecule has 0 aliphatic carbocycles. The van der Waals surface area contributed by atoms with Gasteiger partial charge in [-0.15, -0.1) is 11.8 Å². The number of rotatable bonds is 8. The zero-order valence-electron chi connectivity index (χ0n) is 15.3. The Hall–Kier alpha value is -2.81. The minimum Gasteiger partial charge on any atom is -0.462 e. The number of thioether (sulfide) groups is 1. The summed E-state index contributed by atoms with van der Waals surface area (Å²) in [4.78, 5) is 35.9. The molecule has 0 aliphatic heterocycles. The molecule has 2 aromatic rings. The Morgan fingerprint density at radius 2 is 2.04 bits per heavy atom. The van der Waals surface area contributed by atoms with Crippen molar-refractivity contribution in [3.8, 4) is 0 Å². The number of aryl methyl sites for hydroxylation is 1. The summed E-state index contributed by atoms with van der Waals surface area (Å²) in [5.41, 5.74) is 0.847. The summed E-state index contributed by atoms with van der Waals surface area (Å²) in [6.45, 7) is 5.42. The standard InChI is InChI=1S/C18H21N3O5S/c1-4-25-18(24)13-6-5-7-14(9-13)19-16(22)10-27-12(3)17(23)20-15-8-11(2)26-21-15/h5-9,12H,4,10H2,1-3H3,(H,19,22)(H,20,21,23)/t12-/m0/s1. The van der Waals surface area contributed by atoms with E-state index < -0.39 is 11.2 Å². The molecule has 144 valence electrons. The summed E-state index contributed by atoms with van der Waals surface area (Å²) in [5.74, 6) is 0.00991. The van der Waals surface area contributed by atoms with Crippen molar-refractivity contribution >= 4 is 41.1 Å². The molecule has 1 heterocycles. The molecular formula is C18H21N3O5S. The zero-order valence-corrected chi connectivity index (χ0v) is 16.1. The number of carbonyl (C=O) groups is 3. The molecule has 0 radical (unpaired) electrons. The number of esters is 1. The molecule has 2 amide bonds. The Morgan fingerprint density at radius 1 is 1.26 bits per heavy atom. The zero-order chi connectivity index (χ0) is 19.8. The lowest BCUT2D eigenvalue weighted by Crippen LogP contribution is -2.25. The van der Waals surface area contributed by atoms with Crippen molar-refractivity contribution < 1.29 is 23.6 Å². The van der Waals surface area contributed by atoms with Crippen LogP contribution in [0.15, 0.2) is 34.9 Å². The van der Waals surface area contributed by atoms with Gasteiger partial charge in [-0.3, -0.25) is 9.59 Å². The predicted molar refractivity (Wildman–Crippen MR) is 103 cm³/mol. The van der Waals surface area contributed by atoms with Crippen LogP contribution in [0.5, 0.6) is 0 Å². The van der Waals surface area contributed by atoms with Crippen LogP contribution in [-0.2, 0) is 14.3 Å². The molecule has 1 aromatic carbocycles. The summed E-state index contributed by atoms with van der Waals surface area (Å²) in [5, 5.41) is 8.55. The molecule has 0 saturated heterocycles. The van der Waals surface area contributed by atoms with Crippen LogP contribution < -0.4 is 10.6 Å². The van der Waals surface area contributed by atoms with Crippen LogP contribution in [0.4, 0.5) is 11.5 Å². The molecular weight excluding hydrogens is 370 g/mol. The van der Waals surface area contributed by atoms with Gasteiger partial charge in [0.05, 0.1) is 23.2 Å². The Morgan fingerprint density at radius 3 is 2.70 bits per heavy atom. The maximum absolute atomic E-state index is 12.1. The largest absolute Gasteiger partial charge is 0.462 e. The molecule has 0 saturated carbocycles. The number of anilines is 2. The third-order valence-corrected chi connectivity index (χ3v) is 4.51. The van der Waals surface area contributed by atoms with Gasteiger partial charge in [-0.05, 0) is 39.0 Å². The van der Waals surface area contributed by atoms with Crippen LogP contribution in [0.1, 0.15) is 30.0 Å². The van der Waals surface area contributed by atoms with Gasteiger partial charge < -0.3 is 19.9 Å². The maximum Gasteiger partial charge on any atom is 0.338 e. The molecule has 0 fully saturated rings. The van der Waals surface area contributed by atoms with E-state index in [2.05, 4.69) is 15.8 Å². The average Bonchev–Trinajstić information content (AvgIpc) is 3.04. The fraction of sp³-hybridized carbons (Fsp3) is 0.333. The predicted octanol–water partition coefficient (Wildman–Crippen LogP) is 2.86. The smallest absolute Gasteiger partial charge is 0.338 e. The van der Waals surface area contributed by atoms with Crippen molar-refractivity contribution in [2.24, 2.45) is 0 Å². The van der Waals surface area contributed by atoms with Crippen LogP contribution in [0.25, 0.3) is 0 Å². The van der Waals surface area contributed by atoms with Crippen LogP contribution >= 0.6 is 11.8 Å². The van der Waals surface area contributed by atoms with Gasteiger partial charge in [-0.1, -0.05) is 11.2 Å². The molecule has 0 bridgehead atoms.